The first kappa shape index (κ1) is 27.6. The van der Waals surface area contributed by atoms with Gasteiger partial charge in [0.15, 0.2) is 0 Å². The molecule has 4 aromatic rings. The van der Waals surface area contributed by atoms with E-state index in [4.69, 9.17) is 4.74 Å². The maximum Gasteiger partial charge on any atom is 0.418 e. The third-order valence-corrected chi connectivity index (χ3v) is 8.34. The van der Waals surface area contributed by atoms with Crippen molar-refractivity contribution in [3.63, 3.8) is 0 Å². The Morgan fingerprint density at radius 3 is 2.56 bits per heavy atom. The van der Waals surface area contributed by atoms with Gasteiger partial charge in [0.25, 0.3) is 5.92 Å². The molecular weight excluding hydrogens is 547 g/mol. The normalized spacial score (nSPS) is 20.8. The molecule has 1 aromatic carbocycles. The van der Waals surface area contributed by atoms with E-state index in [1.165, 1.54) is 23.9 Å². The lowest BCUT2D eigenvalue weighted by Crippen LogP contribution is -2.49. The highest BCUT2D eigenvalue weighted by Gasteiger charge is 2.43. The third-order valence-electron chi connectivity index (χ3n) is 8.34. The number of hydrogen-bond acceptors (Lipinski definition) is 5. The molecule has 8 nitrogen and oxygen atoms in total. The maximum absolute atomic E-state index is 14.2. The Morgan fingerprint density at radius 1 is 1.15 bits per heavy atom. The van der Waals surface area contributed by atoms with Crippen LogP contribution in [0.1, 0.15) is 35.9 Å². The van der Waals surface area contributed by atoms with E-state index >= 15 is 0 Å². The second-order valence-electron chi connectivity index (χ2n) is 11.3. The van der Waals surface area contributed by atoms with Crippen molar-refractivity contribution in [2.75, 3.05) is 26.3 Å². The molecule has 2 aliphatic heterocycles. The highest BCUT2D eigenvalue weighted by molar-refractivity contribution is 5.58. The number of imidazole rings is 1. The maximum atomic E-state index is 14.2. The second-order valence-corrected chi connectivity index (χ2v) is 11.3. The van der Waals surface area contributed by atoms with E-state index in [9.17, 15) is 26.7 Å². The molecule has 3 aromatic heterocycles. The number of likely N-dealkylation sites (tertiary alicyclic amines) is 1. The number of hydrogen-bond donors (Lipinski definition) is 0. The standard InChI is InChI=1S/C28H29F5N6O2/c1-18-11-37(7-6-27(18,29)30)12-19-8-22(28(31,32)33)23-14-38(25(40)39(23)13-19)21-5-3-4-20(9-21)26(15-41-16-26)10-24-35-34-17-36(24)2/h3-5,8-9,13-14,17-18H,6-7,10-12,15-16H2,1-2H3/t18-/m0/s1. The number of aryl methyl sites for hydroxylation is 1. The van der Waals surface area contributed by atoms with Crippen molar-refractivity contribution in [3.05, 3.63) is 82.1 Å². The van der Waals surface area contributed by atoms with Gasteiger partial charge in [-0.15, -0.1) is 10.2 Å². The molecule has 13 heteroatoms. The molecule has 0 radical (unpaired) electrons. The lowest BCUT2D eigenvalue weighted by atomic mass is 9.75. The Balaban J connectivity index is 1.37. The zero-order chi connectivity index (χ0) is 29.2. The number of ether oxygens (including phenoxy) is 1. The number of fused-ring (bicyclic) bond motifs is 1. The Hall–Kier alpha value is -3.58. The molecule has 1 atom stereocenters. The molecule has 0 aliphatic carbocycles. The molecule has 41 heavy (non-hydrogen) atoms. The van der Waals surface area contributed by atoms with Crippen LogP contribution in [0.5, 0.6) is 0 Å². The fourth-order valence-corrected chi connectivity index (χ4v) is 5.79. The van der Waals surface area contributed by atoms with Crippen molar-refractivity contribution in [1.82, 2.24) is 28.6 Å². The van der Waals surface area contributed by atoms with Crippen molar-refractivity contribution in [3.8, 4) is 5.69 Å². The molecule has 0 amide bonds. The van der Waals surface area contributed by atoms with Crippen LogP contribution in [0.4, 0.5) is 22.0 Å². The molecule has 2 saturated heterocycles. The highest BCUT2D eigenvalue weighted by atomic mass is 19.4. The van der Waals surface area contributed by atoms with Crippen LogP contribution in [0.3, 0.4) is 0 Å². The minimum Gasteiger partial charge on any atom is -0.379 e. The topological polar surface area (TPSA) is 69.6 Å². The Morgan fingerprint density at radius 2 is 1.93 bits per heavy atom. The van der Waals surface area contributed by atoms with Crippen LogP contribution in [0, 0.1) is 5.92 Å². The lowest BCUT2D eigenvalue weighted by Gasteiger charge is -2.41. The number of halogens is 5. The summed E-state index contributed by atoms with van der Waals surface area (Å²) < 4.78 is 80.1. The third kappa shape index (κ3) is 4.94. The highest BCUT2D eigenvalue weighted by Crippen LogP contribution is 2.38. The van der Waals surface area contributed by atoms with E-state index in [2.05, 4.69) is 10.2 Å². The minimum atomic E-state index is -4.73. The van der Waals surface area contributed by atoms with Gasteiger partial charge in [-0.2, -0.15) is 13.2 Å². The van der Waals surface area contributed by atoms with Crippen molar-refractivity contribution in [2.24, 2.45) is 13.0 Å². The molecule has 218 valence electrons. The quantitative estimate of drug-likeness (QED) is 0.322. The minimum absolute atomic E-state index is 0.0249. The first-order chi connectivity index (χ1) is 19.4. The summed E-state index contributed by atoms with van der Waals surface area (Å²) in [4.78, 5) is 15.2. The van der Waals surface area contributed by atoms with Gasteiger partial charge in [0.1, 0.15) is 12.2 Å². The molecule has 0 spiro atoms. The fraction of sp³-hybridized carbons (Fsp3) is 0.464. The van der Waals surface area contributed by atoms with E-state index < -0.39 is 34.7 Å². The van der Waals surface area contributed by atoms with Gasteiger partial charge in [0.2, 0.25) is 0 Å². The summed E-state index contributed by atoms with van der Waals surface area (Å²) in [6.07, 6.45) is -0.364. The van der Waals surface area contributed by atoms with Crippen LogP contribution < -0.4 is 5.69 Å². The van der Waals surface area contributed by atoms with Gasteiger partial charge in [-0.25, -0.2) is 13.6 Å². The van der Waals surface area contributed by atoms with Gasteiger partial charge in [0.05, 0.1) is 30.0 Å². The van der Waals surface area contributed by atoms with Gasteiger partial charge in [0, 0.05) is 63.3 Å². The number of aromatic nitrogens is 5. The number of pyridine rings is 1. The average Bonchev–Trinajstić information content (AvgIpc) is 3.45. The monoisotopic (exact) mass is 576 g/mol. The van der Waals surface area contributed by atoms with E-state index in [0.29, 0.717) is 25.3 Å². The van der Waals surface area contributed by atoms with Crippen LogP contribution in [0.2, 0.25) is 0 Å². The van der Waals surface area contributed by atoms with E-state index in [1.807, 2.05) is 17.7 Å². The summed E-state index contributed by atoms with van der Waals surface area (Å²) in [5.41, 5.74) is -0.784. The summed E-state index contributed by atoms with van der Waals surface area (Å²) >= 11 is 0. The smallest absolute Gasteiger partial charge is 0.379 e. The van der Waals surface area contributed by atoms with Gasteiger partial charge in [-0.05, 0) is 29.3 Å². The molecule has 5 heterocycles. The van der Waals surface area contributed by atoms with Gasteiger partial charge in [-0.1, -0.05) is 19.1 Å². The summed E-state index contributed by atoms with van der Waals surface area (Å²) in [5, 5.41) is 8.11. The van der Waals surface area contributed by atoms with Crippen LogP contribution in [0.25, 0.3) is 11.2 Å². The summed E-state index contributed by atoms with van der Waals surface area (Å²) in [7, 11) is 1.85. The molecule has 0 bridgehead atoms. The zero-order valence-corrected chi connectivity index (χ0v) is 22.5. The lowest BCUT2D eigenvalue weighted by molar-refractivity contribution is -0.136. The number of piperidine rings is 1. The van der Waals surface area contributed by atoms with E-state index in [1.54, 1.807) is 29.4 Å². The molecule has 0 unspecified atom stereocenters. The van der Waals surface area contributed by atoms with Crippen LogP contribution in [-0.2, 0) is 36.3 Å². The van der Waals surface area contributed by atoms with Crippen LogP contribution >= 0.6 is 0 Å². The first-order valence-electron chi connectivity index (χ1n) is 13.3. The van der Waals surface area contributed by atoms with E-state index in [0.717, 1.165) is 21.9 Å². The number of rotatable bonds is 6. The molecule has 0 N–H and O–H groups in total. The SMILES string of the molecule is C[C@H]1CN(Cc2cc(C(F)(F)F)c3cn(-c4cccc(C5(Cc6nncn6C)COC5)c4)c(=O)n3c2)CCC1(F)F. The van der Waals surface area contributed by atoms with Gasteiger partial charge < -0.3 is 9.30 Å². The summed E-state index contributed by atoms with van der Waals surface area (Å²) in [6.45, 7) is 2.42. The Bertz CT molecular complexity index is 1650. The average molecular weight is 577 g/mol. The summed E-state index contributed by atoms with van der Waals surface area (Å²) in [6, 6.07) is 8.15. The first-order valence-corrected chi connectivity index (χ1v) is 13.3. The van der Waals surface area contributed by atoms with Crippen molar-refractivity contribution < 1.29 is 26.7 Å². The van der Waals surface area contributed by atoms with Crippen molar-refractivity contribution >= 4 is 5.52 Å². The number of alkyl halides is 5. The Labute approximate surface area is 232 Å². The predicted molar refractivity (Wildman–Crippen MR) is 139 cm³/mol. The Kier molecular flexibility index (Phi) is 6.57. The van der Waals surface area contributed by atoms with E-state index in [-0.39, 0.29) is 37.1 Å². The molecule has 2 aliphatic rings. The number of nitrogens with zero attached hydrogens (tertiary/aromatic N) is 6. The van der Waals surface area contributed by atoms with Crippen molar-refractivity contribution in [1.29, 1.82) is 0 Å². The second kappa shape index (κ2) is 9.76. The molecule has 2 fully saturated rings. The summed E-state index contributed by atoms with van der Waals surface area (Å²) in [5.74, 6) is -2.96. The van der Waals surface area contributed by atoms with Gasteiger partial charge in [-0.3, -0.25) is 13.9 Å². The largest absolute Gasteiger partial charge is 0.418 e. The van der Waals surface area contributed by atoms with Crippen LogP contribution in [0.15, 0.2) is 53.8 Å². The predicted octanol–water partition coefficient (Wildman–Crippen LogP) is 4.23. The molecular formula is C28H29F5N6O2. The zero-order valence-electron chi connectivity index (χ0n) is 22.5. The fourth-order valence-electron chi connectivity index (χ4n) is 5.79. The number of benzene rings is 1. The molecule has 6 rings (SSSR count). The van der Waals surface area contributed by atoms with Gasteiger partial charge >= 0.3 is 11.9 Å². The van der Waals surface area contributed by atoms with Crippen molar-refractivity contribution in [2.45, 2.75) is 43.8 Å². The van der Waals surface area contributed by atoms with Crippen LogP contribution in [-0.4, -0.2) is 60.9 Å². The molecule has 0 saturated carbocycles.